The first-order valence-corrected chi connectivity index (χ1v) is 10.8. The Labute approximate surface area is 167 Å². The predicted molar refractivity (Wildman–Crippen MR) is 102 cm³/mol. The molecule has 1 saturated heterocycles. The van der Waals surface area contributed by atoms with Crippen LogP contribution in [0.4, 0.5) is 0 Å². The summed E-state index contributed by atoms with van der Waals surface area (Å²) in [6.45, 7) is 2.51. The van der Waals surface area contributed by atoms with Crippen LogP contribution in [0, 0.1) is 23.2 Å². The topological polar surface area (TPSA) is 94.8 Å². The van der Waals surface area contributed by atoms with Crippen LogP contribution in [0.25, 0.3) is 0 Å². The molecule has 5 aliphatic rings. The van der Waals surface area contributed by atoms with Crippen molar-refractivity contribution in [1.82, 2.24) is 10.2 Å². The van der Waals surface area contributed by atoms with Crippen molar-refractivity contribution in [3.05, 3.63) is 0 Å². The van der Waals surface area contributed by atoms with Gasteiger partial charge < -0.3 is 24.8 Å². The molecule has 4 bridgehead atoms. The first-order chi connectivity index (χ1) is 13.6. The summed E-state index contributed by atoms with van der Waals surface area (Å²) in [5, 5.41) is 21.7. The molecular weight excluding hydrogens is 358 g/mol. The molecule has 0 aromatic carbocycles. The quantitative estimate of drug-likeness (QED) is 0.574. The molecule has 5 rings (SSSR count). The molecule has 7 heteroatoms. The molecule has 1 aliphatic heterocycles. The highest BCUT2D eigenvalue weighted by Gasteiger charge is 2.58. The smallest absolute Gasteiger partial charge is 0.237 e. The molecule has 1 heterocycles. The number of rotatable bonds is 9. The Morgan fingerprint density at radius 2 is 2.00 bits per heavy atom. The predicted octanol–water partition coefficient (Wildman–Crippen LogP) is 1.21. The molecule has 0 aromatic rings. The van der Waals surface area contributed by atoms with Crippen molar-refractivity contribution in [2.75, 3.05) is 39.5 Å². The number of carbonyl (C=O) groups excluding carboxylic acids is 1. The van der Waals surface area contributed by atoms with Crippen LogP contribution in [-0.4, -0.2) is 72.6 Å². The highest BCUT2D eigenvalue weighted by molar-refractivity contribution is 5.79. The van der Waals surface area contributed by atoms with Gasteiger partial charge in [-0.2, -0.15) is 5.26 Å². The zero-order valence-corrected chi connectivity index (χ0v) is 16.7. The first-order valence-electron chi connectivity index (χ1n) is 10.8. The van der Waals surface area contributed by atoms with E-state index in [9.17, 15) is 10.1 Å². The third kappa shape index (κ3) is 4.06. The summed E-state index contributed by atoms with van der Waals surface area (Å²) in [4.78, 5) is 14.5. The fraction of sp³-hybridized carbons (Fsp3) is 0.905. The van der Waals surface area contributed by atoms with E-state index in [2.05, 4.69) is 11.4 Å². The van der Waals surface area contributed by atoms with Gasteiger partial charge in [0.2, 0.25) is 5.91 Å². The lowest BCUT2D eigenvalue weighted by molar-refractivity contribution is -0.182. The fourth-order valence-electron chi connectivity index (χ4n) is 6.60. The van der Waals surface area contributed by atoms with E-state index in [4.69, 9.17) is 14.6 Å². The van der Waals surface area contributed by atoms with Gasteiger partial charge in [0.1, 0.15) is 6.04 Å². The Morgan fingerprint density at radius 1 is 1.21 bits per heavy atom. The second-order valence-electron chi connectivity index (χ2n) is 9.34. The summed E-state index contributed by atoms with van der Waals surface area (Å²) in [6.07, 6.45) is 8.46. The molecule has 5 fully saturated rings. The molecule has 2 N–H and O–H groups in total. The van der Waals surface area contributed by atoms with Crippen molar-refractivity contribution in [3.8, 4) is 6.07 Å². The van der Waals surface area contributed by atoms with Gasteiger partial charge in [-0.1, -0.05) is 0 Å². The number of nitrogens with zero attached hydrogens (tertiary/aromatic N) is 2. The molecule has 28 heavy (non-hydrogen) atoms. The van der Waals surface area contributed by atoms with E-state index in [1.165, 1.54) is 6.42 Å². The number of aliphatic hydroxyl groups excluding tert-OH is 1. The SMILES string of the molecule is N#C[C@@H]1CCCN1C(=O)CNC12CC3CC(C1)CC(OCCOCCO)(C3)C2. The van der Waals surface area contributed by atoms with Gasteiger partial charge >= 0.3 is 0 Å². The lowest BCUT2D eigenvalue weighted by atomic mass is 9.51. The van der Waals surface area contributed by atoms with Gasteiger partial charge in [0.05, 0.1) is 44.6 Å². The van der Waals surface area contributed by atoms with E-state index in [0.717, 1.165) is 44.9 Å². The minimum Gasteiger partial charge on any atom is -0.394 e. The molecular formula is C21H33N3O4. The van der Waals surface area contributed by atoms with E-state index in [0.29, 0.717) is 44.7 Å². The number of amides is 1. The van der Waals surface area contributed by atoms with Crippen molar-refractivity contribution >= 4 is 5.91 Å². The van der Waals surface area contributed by atoms with Crippen molar-refractivity contribution < 1.29 is 19.4 Å². The summed E-state index contributed by atoms with van der Waals surface area (Å²) in [6, 6.07) is 2.01. The van der Waals surface area contributed by atoms with Gasteiger partial charge in [0.25, 0.3) is 0 Å². The van der Waals surface area contributed by atoms with E-state index in [-0.39, 0.29) is 29.7 Å². The minimum atomic E-state index is -0.251. The maximum atomic E-state index is 12.7. The van der Waals surface area contributed by atoms with E-state index < -0.39 is 0 Å². The van der Waals surface area contributed by atoms with Gasteiger partial charge in [-0.15, -0.1) is 0 Å². The van der Waals surface area contributed by atoms with Crippen molar-refractivity contribution in [1.29, 1.82) is 5.26 Å². The second-order valence-corrected chi connectivity index (χ2v) is 9.34. The zero-order chi connectivity index (χ0) is 19.6. The van der Waals surface area contributed by atoms with Crippen molar-refractivity contribution in [2.24, 2.45) is 11.8 Å². The maximum absolute atomic E-state index is 12.7. The van der Waals surface area contributed by atoms with Crippen LogP contribution < -0.4 is 5.32 Å². The maximum Gasteiger partial charge on any atom is 0.237 e. The van der Waals surface area contributed by atoms with Gasteiger partial charge in [-0.05, 0) is 63.2 Å². The second kappa shape index (κ2) is 8.27. The molecule has 7 nitrogen and oxygen atoms in total. The Kier molecular flexibility index (Phi) is 5.93. The van der Waals surface area contributed by atoms with Crippen LogP contribution in [0.1, 0.15) is 51.4 Å². The van der Waals surface area contributed by atoms with Gasteiger partial charge in [-0.25, -0.2) is 0 Å². The number of hydrogen-bond donors (Lipinski definition) is 2. The molecule has 0 radical (unpaired) electrons. The highest BCUT2D eigenvalue weighted by Crippen LogP contribution is 2.58. The average molecular weight is 392 g/mol. The molecule has 0 spiro atoms. The first kappa shape index (κ1) is 20.1. The lowest BCUT2D eigenvalue weighted by Gasteiger charge is -2.62. The third-order valence-corrected chi connectivity index (χ3v) is 7.22. The van der Waals surface area contributed by atoms with Crippen LogP contribution in [0.5, 0.6) is 0 Å². The van der Waals surface area contributed by atoms with Gasteiger partial charge in [0, 0.05) is 12.1 Å². The Morgan fingerprint density at radius 3 is 2.71 bits per heavy atom. The van der Waals surface area contributed by atoms with Crippen molar-refractivity contribution in [2.45, 2.75) is 68.5 Å². The van der Waals surface area contributed by atoms with Gasteiger partial charge in [0.15, 0.2) is 0 Å². The number of ether oxygens (including phenoxy) is 2. The number of nitrogens with one attached hydrogen (secondary N) is 1. The molecule has 0 aromatic heterocycles. The van der Waals surface area contributed by atoms with E-state index in [1.807, 2.05) is 0 Å². The van der Waals surface area contributed by atoms with Crippen molar-refractivity contribution in [3.63, 3.8) is 0 Å². The molecule has 3 atom stereocenters. The van der Waals surface area contributed by atoms with E-state index >= 15 is 0 Å². The summed E-state index contributed by atoms with van der Waals surface area (Å²) in [5.74, 6) is 1.40. The number of hydrogen-bond acceptors (Lipinski definition) is 6. The minimum absolute atomic E-state index is 0.00639. The Balaban J connectivity index is 1.35. The summed E-state index contributed by atoms with van der Waals surface area (Å²) in [7, 11) is 0. The largest absolute Gasteiger partial charge is 0.394 e. The van der Waals surface area contributed by atoms with Gasteiger partial charge in [-0.3, -0.25) is 4.79 Å². The average Bonchev–Trinajstić information content (AvgIpc) is 3.14. The highest BCUT2D eigenvalue weighted by atomic mass is 16.5. The monoisotopic (exact) mass is 391 g/mol. The number of aliphatic hydroxyl groups is 1. The van der Waals surface area contributed by atoms with Crippen LogP contribution in [0.2, 0.25) is 0 Å². The third-order valence-electron chi connectivity index (χ3n) is 7.22. The van der Waals surface area contributed by atoms with Crippen LogP contribution in [0.15, 0.2) is 0 Å². The Hall–Kier alpha value is -1.20. The molecule has 1 amide bonds. The fourth-order valence-corrected chi connectivity index (χ4v) is 6.60. The molecule has 2 unspecified atom stereocenters. The number of likely N-dealkylation sites (tertiary alicyclic amines) is 1. The number of nitriles is 1. The van der Waals surface area contributed by atoms with Crippen LogP contribution in [-0.2, 0) is 14.3 Å². The lowest BCUT2D eigenvalue weighted by Crippen LogP contribution is -2.66. The molecule has 4 aliphatic carbocycles. The molecule has 156 valence electrons. The van der Waals surface area contributed by atoms with Crippen LogP contribution >= 0.6 is 0 Å². The zero-order valence-electron chi connectivity index (χ0n) is 16.7. The normalized spacial score (nSPS) is 38.7. The summed E-state index contributed by atoms with van der Waals surface area (Å²) < 4.78 is 11.7. The standard InChI is InChI=1S/C21H33N3O4/c22-13-18-2-1-3-24(18)19(26)14-23-20-9-16-8-17(10-20)12-21(11-16,15-20)28-7-6-27-5-4-25/h16-18,23,25H,1-12,14-15H2/t16?,17?,18-,20?,21?/m0/s1. The Bertz CT molecular complexity index is 605. The van der Waals surface area contributed by atoms with Crippen LogP contribution in [0.3, 0.4) is 0 Å². The van der Waals surface area contributed by atoms with E-state index in [1.54, 1.807) is 4.90 Å². The summed E-state index contributed by atoms with van der Waals surface area (Å²) >= 11 is 0. The summed E-state index contributed by atoms with van der Waals surface area (Å²) in [5.41, 5.74) is -0.0981. The molecule has 4 saturated carbocycles. The number of carbonyl (C=O) groups is 1.